The van der Waals surface area contributed by atoms with Gasteiger partial charge in [-0.3, -0.25) is 0 Å². The van der Waals surface area contributed by atoms with Crippen molar-refractivity contribution >= 4 is 12.4 Å². The molecule has 1 atom stereocenters. The maximum absolute atomic E-state index is 12.7. The van der Waals surface area contributed by atoms with Gasteiger partial charge in [0.1, 0.15) is 0 Å². The Balaban J connectivity index is 0.00000242. The zero-order valence-electron chi connectivity index (χ0n) is 12.3. The summed E-state index contributed by atoms with van der Waals surface area (Å²) >= 11 is 0. The fourth-order valence-corrected chi connectivity index (χ4v) is 1.68. The van der Waals surface area contributed by atoms with Gasteiger partial charge in [0.2, 0.25) is 11.7 Å². The van der Waals surface area contributed by atoms with Gasteiger partial charge in [-0.05, 0) is 17.5 Å². The van der Waals surface area contributed by atoms with E-state index in [4.69, 9.17) is 10.3 Å². The zero-order valence-corrected chi connectivity index (χ0v) is 13.1. The molecule has 1 aromatic heterocycles. The summed E-state index contributed by atoms with van der Waals surface area (Å²) in [6.07, 6.45) is -4.41. The molecule has 2 aromatic rings. The molecule has 0 radical (unpaired) electrons. The van der Waals surface area contributed by atoms with Crippen molar-refractivity contribution in [2.75, 3.05) is 0 Å². The van der Waals surface area contributed by atoms with Gasteiger partial charge < -0.3 is 10.3 Å². The largest absolute Gasteiger partial charge is 0.416 e. The SMILES string of the molecule is CC(C)(C)[C@H](N)c1nc(-c2cccc(C(F)(F)F)c2)no1.Cl. The molecule has 1 aromatic carbocycles. The van der Waals surface area contributed by atoms with Crippen LogP contribution in [0.5, 0.6) is 0 Å². The topological polar surface area (TPSA) is 64.9 Å². The van der Waals surface area contributed by atoms with Crippen molar-refractivity contribution in [2.45, 2.75) is 33.0 Å². The molecule has 0 aliphatic heterocycles. The van der Waals surface area contributed by atoms with Crippen LogP contribution in [0.2, 0.25) is 0 Å². The number of hydrogen-bond acceptors (Lipinski definition) is 4. The lowest BCUT2D eigenvalue weighted by atomic mass is 9.87. The van der Waals surface area contributed by atoms with E-state index in [2.05, 4.69) is 10.1 Å². The molecule has 0 unspecified atom stereocenters. The molecule has 0 bridgehead atoms. The molecule has 122 valence electrons. The summed E-state index contributed by atoms with van der Waals surface area (Å²) in [5, 5.41) is 3.71. The van der Waals surface area contributed by atoms with Crippen LogP contribution in [0.15, 0.2) is 28.8 Å². The van der Waals surface area contributed by atoms with Gasteiger partial charge in [-0.15, -0.1) is 12.4 Å². The molecule has 0 saturated carbocycles. The summed E-state index contributed by atoms with van der Waals surface area (Å²) < 4.78 is 43.1. The highest BCUT2D eigenvalue weighted by atomic mass is 35.5. The Bertz CT molecular complexity index is 635. The summed E-state index contributed by atoms with van der Waals surface area (Å²) in [6, 6.07) is 4.28. The van der Waals surface area contributed by atoms with Crippen LogP contribution in [0.3, 0.4) is 0 Å². The Hall–Kier alpha value is -1.60. The van der Waals surface area contributed by atoms with Crippen LogP contribution in [-0.2, 0) is 6.18 Å². The highest BCUT2D eigenvalue weighted by Crippen LogP contribution is 2.33. The van der Waals surface area contributed by atoms with Crippen molar-refractivity contribution in [3.8, 4) is 11.4 Å². The number of aromatic nitrogens is 2. The predicted octanol–water partition coefficient (Wildman–Crippen LogP) is 4.22. The fourth-order valence-electron chi connectivity index (χ4n) is 1.68. The first-order valence-electron chi connectivity index (χ1n) is 6.36. The van der Waals surface area contributed by atoms with E-state index < -0.39 is 17.8 Å². The summed E-state index contributed by atoms with van der Waals surface area (Å²) in [4.78, 5) is 4.10. The lowest BCUT2D eigenvalue weighted by Gasteiger charge is -2.23. The molecule has 2 N–H and O–H groups in total. The van der Waals surface area contributed by atoms with Gasteiger partial charge in [0, 0.05) is 5.56 Å². The number of benzene rings is 1. The maximum Gasteiger partial charge on any atom is 0.416 e. The van der Waals surface area contributed by atoms with Crippen LogP contribution in [-0.4, -0.2) is 10.1 Å². The number of rotatable bonds is 2. The van der Waals surface area contributed by atoms with Crippen molar-refractivity contribution < 1.29 is 17.7 Å². The average Bonchev–Trinajstić information content (AvgIpc) is 2.85. The second-order valence-electron chi connectivity index (χ2n) is 5.88. The summed E-state index contributed by atoms with van der Waals surface area (Å²) in [5.41, 5.74) is 5.17. The van der Waals surface area contributed by atoms with Gasteiger partial charge in [0.25, 0.3) is 0 Å². The lowest BCUT2D eigenvalue weighted by molar-refractivity contribution is -0.137. The van der Waals surface area contributed by atoms with E-state index in [0.29, 0.717) is 0 Å². The Morgan fingerprint density at radius 1 is 1.18 bits per heavy atom. The van der Waals surface area contributed by atoms with Crippen LogP contribution >= 0.6 is 12.4 Å². The van der Waals surface area contributed by atoms with Crippen LogP contribution in [0, 0.1) is 5.41 Å². The van der Waals surface area contributed by atoms with E-state index in [9.17, 15) is 13.2 Å². The number of hydrogen-bond donors (Lipinski definition) is 1. The normalized spacial score (nSPS) is 13.6. The average molecular weight is 336 g/mol. The molecule has 0 aliphatic carbocycles. The summed E-state index contributed by atoms with van der Waals surface area (Å²) in [5.74, 6) is 0.297. The Labute approximate surface area is 132 Å². The maximum atomic E-state index is 12.7. The van der Waals surface area contributed by atoms with Gasteiger partial charge >= 0.3 is 6.18 Å². The standard InChI is InChI=1S/C14H16F3N3O.ClH/c1-13(2,3)10(18)12-19-11(20-21-12)8-5-4-6-9(7-8)14(15,16)17;/h4-7,10H,18H2,1-3H3;1H/t10-;/m1./s1. The smallest absolute Gasteiger partial charge is 0.337 e. The number of alkyl halides is 3. The van der Waals surface area contributed by atoms with Gasteiger partial charge in [0.05, 0.1) is 11.6 Å². The molecule has 0 saturated heterocycles. The molecule has 0 aliphatic rings. The predicted molar refractivity (Wildman–Crippen MR) is 78.4 cm³/mol. The Kier molecular flexibility index (Phi) is 5.25. The second-order valence-corrected chi connectivity index (χ2v) is 5.88. The second kappa shape index (κ2) is 6.26. The van der Waals surface area contributed by atoms with E-state index in [1.54, 1.807) is 0 Å². The molecular weight excluding hydrogens is 319 g/mol. The van der Waals surface area contributed by atoms with Crippen molar-refractivity contribution in [3.05, 3.63) is 35.7 Å². The summed E-state index contributed by atoms with van der Waals surface area (Å²) in [7, 11) is 0. The fraction of sp³-hybridized carbons (Fsp3) is 0.429. The molecule has 0 fully saturated rings. The van der Waals surface area contributed by atoms with Gasteiger partial charge in [-0.25, -0.2) is 0 Å². The van der Waals surface area contributed by atoms with Crippen molar-refractivity contribution in [1.29, 1.82) is 0 Å². The number of nitrogens with zero attached hydrogens (tertiary/aromatic N) is 2. The van der Waals surface area contributed by atoms with Crippen molar-refractivity contribution in [2.24, 2.45) is 11.1 Å². The van der Waals surface area contributed by atoms with Crippen LogP contribution in [0.1, 0.15) is 38.3 Å². The third-order valence-corrected chi connectivity index (χ3v) is 3.09. The van der Waals surface area contributed by atoms with Crippen molar-refractivity contribution in [1.82, 2.24) is 10.1 Å². The summed E-state index contributed by atoms with van der Waals surface area (Å²) in [6.45, 7) is 5.73. The van der Waals surface area contributed by atoms with E-state index in [1.807, 2.05) is 20.8 Å². The minimum Gasteiger partial charge on any atom is -0.337 e. The molecule has 22 heavy (non-hydrogen) atoms. The third kappa shape index (κ3) is 3.98. The van der Waals surface area contributed by atoms with Crippen LogP contribution in [0.4, 0.5) is 13.2 Å². The third-order valence-electron chi connectivity index (χ3n) is 3.09. The first kappa shape index (κ1) is 18.4. The van der Waals surface area contributed by atoms with Gasteiger partial charge in [0.15, 0.2) is 0 Å². The molecular formula is C14H17ClF3N3O. The Morgan fingerprint density at radius 3 is 2.36 bits per heavy atom. The minimum absolute atomic E-state index is 0. The van der Waals surface area contributed by atoms with Gasteiger partial charge in [-0.1, -0.05) is 38.1 Å². The van der Waals surface area contributed by atoms with E-state index in [-0.39, 0.29) is 35.1 Å². The zero-order chi connectivity index (χ0) is 15.8. The van der Waals surface area contributed by atoms with E-state index in [0.717, 1.165) is 12.1 Å². The van der Waals surface area contributed by atoms with Crippen molar-refractivity contribution in [3.63, 3.8) is 0 Å². The molecule has 1 heterocycles. The number of nitrogens with two attached hydrogens (primary N) is 1. The highest BCUT2D eigenvalue weighted by Gasteiger charge is 2.31. The quantitative estimate of drug-likeness (QED) is 0.892. The molecule has 8 heteroatoms. The first-order valence-corrected chi connectivity index (χ1v) is 6.36. The number of halogens is 4. The van der Waals surface area contributed by atoms with Crippen LogP contribution < -0.4 is 5.73 Å². The molecule has 0 spiro atoms. The molecule has 4 nitrogen and oxygen atoms in total. The lowest BCUT2D eigenvalue weighted by Crippen LogP contribution is -2.26. The highest BCUT2D eigenvalue weighted by molar-refractivity contribution is 5.85. The first-order chi connectivity index (χ1) is 9.59. The Morgan fingerprint density at radius 2 is 1.82 bits per heavy atom. The van der Waals surface area contributed by atoms with Crippen LogP contribution in [0.25, 0.3) is 11.4 Å². The van der Waals surface area contributed by atoms with E-state index in [1.165, 1.54) is 12.1 Å². The van der Waals surface area contributed by atoms with E-state index >= 15 is 0 Å². The molecule has 0 amide bonds. The monoisotopic (exact) mass is 335 g/mol. The molecule has 2 rings (SSSR count). The minimum atomic E-state index is -4.41. The van der Waals surface area contributed by atoms with Gasteiger partial charge in [-0.2, -0.15) is 18.2 Å².